The molecule has 0 radical (unpaired) electrons. The largest absolute Gasteiger partial charge is 0.468 e. The van der Waals surface area contributed by atoms with Crippen molar-refractivity contribution in [2.75, 3.05) is 7.11 Å². The third-order valence-electron chi connectivity index (χ3n) is 2.52. The summed E-state index contributed by atoms with van der Waals surface area (Å²) in [7, 11) is 1.28. The summed E-state index contributed by atoms with van der Waals surface area (Å²) in [5.41, 5.74) is 1.71. The molecule has 0 bridgehead atoms. The van der Waals surface area contributed by atoms with Crippen molar-refractivity contribution >= 4 is 11.9 Å². The maximum absolute atomic E-state index is 11.5. The first-order chi connectivity index (χ1) is 7.24. The molecule has 1 atom stereocenters. The van der Waals surface area contributed by atoms with E-state index in [1.165, 1.54) is 7.11 Å². The van der Waals surface area contributed by atoms with E-state index in [9.17, 15) is 9.59 Å². The predicted octanol–water partition coefficient (Wildman–Crippen LogP) is 0.573. The standard InChI is InChI=1S/C11H11NO3/c1-15-11(14)9-8-5-3-2-4-7(8)6-12-10(9)13/h2-5,9H,6H2,1H3,(H,12,13)/t9-/m0/s1. The molecule has 0 unspecified atom stereocenters. The van der Waals surface area contributed by atoms with Crippen LogP contribution in [0, 0.1) is 0 Å². The van der Waals surface area contributed by atoms with Crippen molar-refractivity contribution in [1.29, 1.82) is 0 Å². The highest BCUT2D eigenvalue weighted by molar-refractivity contribution is 6.04. The van der Waals surface area contributed by atoms with Gasteiger partial charge in [-0.15, -0.1) is 0 Å². The van der Waals surface area contributed by atoms with Crippen molar-refractivity contribution in [2.45, 2.75) is 12.5 Å². The van der Waals surface area contributed by atoms with Crippen LogP contribution in [-0.2, 0) is 20.9 Å². The number of benzene rings is 1. The lowest BCUT2D eigenvalue weighted by atomic mass is 9.90. The van der Waals surface area contributed by atoms with Crippen molar-refractivity contribution in [3.8, 4) is 0 Å². The van der Waals surface area contributed by atoms with Gasteiger partial charge in [0.15, 0.2) is 5.92 Å². The summed E-state index contributed by atoms with van der Waals surface area (Å²) >= 11 is 0. The lowest BCUT2D eigenvalue weighted by Crippen LogP contribution is -2.38. The highest BCUT2D eigenvalue weighted by atomic mass is 16.5. The molecular weight excluding hydrogens is 194 g/mol. The fourth-order valence-corrected chi connectivity index (χ4v) is 1.75. The zero-order chi connectivity index (χ0) is 10.8. The van der Waals surface area contributed by atoms with E-state index in [1.54, 1.807) is 6.07 Å². The number of rotatable bonds is 1. The van der Waals surface area contributed by atoms with Crippen LogP contribution in [0.2, 0.25) is 0 Å². The molecule has 1 heterocycles. The zero-order valence-corrected chi connectivity index (χ0v) is 8.32. The third-order valence-corrected chi connectivity index (χ3v) is 2.52. The van der Waals surface area contributed by atoms with Gasteiger partial charge in [-0.25, -0.2) is 0 Å². The van der Waals surface area contributed by atoms with Gasteiger partial charge in [0.1, 0.15) is 0 Å². The van der Waals surface area contributed by atoms with E-state index in [4.69, 9.17) is 0 Å². The fraction of sp³-hybridized carbons (Fsp3) is 0.273. The molecule has 1 aromatic rings. The number of carbonyl (C=O) groups excluding carboxylic acids is 2. The average Bonchev–Trinajstić information content (AvgIpc) is 2.28. The summed E-state index contributed by atoms with van der Waals surface area (Å²) < 4.78 is 4.62. The summed E-state index contributed by atoms with van der Waals surface area (Å²) in [6.45, 7) is 0.475. The fourth-order valence-electron chi connectivity index (χ4n) is 1.75. The van der Waals surface area contributed by atoms with E-state index in [0.717, 1.165) is 11.1 Å². The molecule has 4 nitrogen and oxygen atoms in total. The van der Waals surface area contributed by atoms with Gasteiger partial charge >= 0.3 is 5.97 Å². The van der Waals surface area contributed by atoms with E-state index in [1.807, 2.05) is 18.2 Å². The van der Waals surface area contributed by atoms with Crippen LogP contribution >= 0.6 is 0 Å². The lowest BCUT2D eigenvalue weighted by Gasteiger charge is -2.23. The van der Waals surface area contributed by atoms with E-state index in [-0.39, 0.29) is 5.91 Å². The molecular formula is C11H11NO3. The molecule has 2 rings (SSSR count). The Labute approximate surface area is 87.2 Å². The molecule has 0 saturated heterocycles. The highest BCUT2D eigenvalue weighted by Gasteiger charge is 2.34. The van der Waals surface area contributed by atoms with Gasteiger partial charge in [-0.2, -0.15) is 0 Å². The van der Waals surface area contributed by atoms with Crippen molar-refractivity contribution < 1.29 is 14.3 Å². The van der Waals surface area contributed by atoms with Crippen molar-refractivity contribution in [3.05, 3.63) is 35.4 Å². The van der Waals surface area contributed by atoms with Crippen LogP contribution in [0.25, 0.3) is 0 Å². The van der Waals surface area contributed by atoms with Crippen molar-refractivity contribution in [2.24, 2.45) is 0 Å². The van der Waals surface area contributed by atoms with Gasteiger partial charge in [-0.3, -0.25) is 9.59 Å². The topological polar surface area (TPSA) is 55.4 Å². The van der Waals surface area contributed by atoms with Crippen LogP contribution < -0.4 is 5.32 Å². The molecule has 0 aromatic heterocycles. The Balaban J connectivity index is 2.46. The number of fused-ring (bicyclic) bond motifs is 1. The molecule has 0 fully saturated rings. The van der Waals surface area contributed by atoms with Gasteiger partial charge in [-0.1, -0.05) is 24.3 Å². The van der Waals surface area contributed by atoms with Gasteiger partial charge in [0.05, 0.1) is 7.11 Å². The average molecular weight is 205 g/mol. The van der Waals surface area contributed by atoms with Crippen LogP contribution in [0.3, 0.4) is 0 Å². The van der Waals surface area contributed by atoms with E-state index in [2.05, 4.69) is 10.1 Å². The highest BCUT2D eigenvalue weighted by Crippen LogP contribution is 2.25. The van der Waals surface area contributed by atoms with Gasteiger partial charge < -0.3 is 10.1 Å². The molecule has 1 amide bonds. The molecule has 1 aliphatic rings. The molecule has 1 aromatic carbocycles. The predicted molar refractivity (Wildman–Crippen MR) is 53.0 cm³/mol. The number of hydrogen-bond donors (Lipinski definition) is 1. The normalized spacial score (nSPS) is 19.0. The number of nitrogens with one attached hydrogen (secondary N) is 1. The Hall–Kier alpha value is -1.84. The first-order valence-electron chi connectivity index (χ1n) is 4.67. The second-order valence-corrected chi connectivity index (χ2v) is 3.37. The van der Waals surface area contributed by atoms with E-state index in [0.29, 0.717) is 6.54 Å². The number of methoxy groups -OCH3 is 1. The summed E-state index contributed by atoms with van der Waals surface area (Å²) in [4.78, 5) is 23.0. The molecule has 0 aliphatic carbocycles. The Bertz CT molecular complexity index is 414. The van der Waals surface area contributed by atoms with Crippen LogP contribution in [0.5, 0.6) is 0 Å². The second-order valence-electron chi connectivity index (χ2n) is 3.37. The van der Waals surface area contributed by atoms with E-state index < -0.39 is 11.9 Å². The minimum absolute atomic E-state index is 0.291. The van der Waals surface area contributed by atoms with Gasteiger partial charge in [-0.05, 0) is 11.1 Å². The summed E-state index contributed by atoms with van der Waals surface area (Å²) in [5, 5.41) is 2.66. The minimum atomic E-state index is -0.819. The molecule has 1 aliphatic heterocycles. The lowest BCUT2D eigenvalue weighted by molar-refractivity contribution is -0.146. The number of hydrogen-bond acceptors (Lipinski definition) is 3. The number of carbonyl (C=O) groups is 2. The zero-order valence-electron chi connectivity index (χ0n) is 8.32. The first kappa shape index (κ1) is 9.71. The Kier molecular flexibility index (Phi) is 2.41. The Morgan fingerprint density at radius 1 is 1.47 bits per heavy atom. The summed E-state index contributed by atoms with van der Waals surface area (Å²) in [6, 6.07) is 7.37. The van der Waals surface area contributed by atoms with Crippen LogP contribution in [0.4, 0.5) is 0 Å². The molecule has 1 N–H and O–H groups in total. The molecule has 4 heteroatoms. The minimum Gasteiger partial charge on any atom is -0.468 e. The quantitative estimate of drug-likeness (QED) is 0.538. The maximum Gasteiger partial charge on any atom is 0.322 e. The second kappa shape index (κ2) is 3.73. The SMILES string of the molecule is COC(=O)[C@@H]1C(=O)NCc2ccccc21. The maximum atomic E-state index is 11.5. The third kappa shape index (κ3) is 1.58. The summed E-state index contributed by atoms with van der Waals surface area (Å²) in [6.07, 6.45) is 0. The van der Waals surface area contributed by atoms with Gasteiger partial charge in [0.25, 0.3) is 0 Å². The molecule has 15 heavy (non-hydrogen) atoms. The van der Waals surface area contributed by atoms with Crippen molar-refractivity contribution in [3.63, 3.8) is 0 Å². The number of ether oxygens (including phenoxy) is 1. The van der Waals surface area contributed by atoms with E-state index >= 15 is 0 Å². The van der Waals surface area contributed by atoms with Crippen LogP contribution in [0.15, 0.2) is 24.3 Å². The molecule has 0 saturated carbocycles. The molecule has 0 spiro atoms. The molecule has 78 valence electrons. The first-order valence-corrected chi connectivity index (χ1v) is 4.67. The Morgan fingerprint density at radius 3 is 2.93 bits per heavy atom. The number of esters is 1. The number of amides is 1. The smallest absolute Gasteiger partial charge is 0.322 e. The van der Waals surface area contributed by atoms with Crippen molar-refractivity contribution in [1.82, 2.24) is 5.32 Å². The van der Waals surface area contributed by atoms with Crippen LogP contribution in [-0.4, -0.2) is 19.0 Å². The van der Waals surface area contributed by atoms with Gasteiger partial charge in [0, 0.05) is 6.54 Å². The van der Waals surface area contributed by atoms with Gasteiger partial charge in [0.2, 0.25) is 5.91 Å². The van der Waals surface area contributed by atoms with Crippen LogP contribution in [0.1, 0.15) is 17.0 Å². The Morgan fingerprint density at radius 2 is 2.20 bits per heavy atom. The summed E-state index contributed by atoms with van der Waals surface area (Å²) in [5.74, 6) is -1.62. The monoisotopic (exact) mass is 205 g/mol.